The average molecular weight is 260 g/mol. The van der Waals surface area contributed by atoms with Crippen molar-refractivity contribution in [1.82, 2.24) is 10.1 Å². The standard InChI is InChI=1S/C10H16N2O4S/c1-6(2)9(7(3)13)10-11-8(12-16-10)5-17(4,14)15/h6,9H,5H2,1-4H3. The number of carbonyl (C=O) groups excluding carboxylic acids is 1. The fourth-order valence-electron chi connectivity index (χ4n) is 1.62. The Bertz CT molecular complexity index is 504. The number of rotatable bonds is 5. The van der Waals surface area contributed by atoms with Crippen LogP contribution in [0.3, 0.4) is 0 Å². The van der Waals surface area contributed by atoms with Crippen LogP contribution in [-0.2, 0) is 20.4 Å². The lowest BCUT2D eigenvalue weighted by Gasteiger charge is -2.12. The summed E-state index contributed by atoms with van der Waals surface area (Å²) >= 11 is 0. The van der Waals surface area contributed by atoms with Gasteiger partial charge in [-0.2, -0.15) is 4.98 Å². The number of sulfone groups is 1. The second-order valence-corrected chi connectivity index (χ2v) is 6.59. The van der Waals surface area contributed by atoms with Gasteiger partial charge >= 0.3 is 0 Å². The maximum Gasteiger partial charge on any atom is 0.237 e. The molecule has 0 bridgehead atoms. The van der Waals surface area contributed by atoms with Gasteiger partial charge in [0.2, 0.25) is 5.89 Å². The highest BCUT2D eigenvalue weighted by Gasteiger charge is 2.27. The zero-order valence-corrected chi connectivity index (χ0v) is 11.1. The van der Waals surface area contributed by atoms with Gasteiger partial charge in [-0.3, -0.25) is 4.79 Å². The van der Waals surface area contributed by atoms with Crippen LogP contribution in [0.4, 0.5) is 0 Å². The van der Waals surface area contributed by atoms with Crippen LogP contribution in [0.15, 0.2) is 4.52 Å². The highest BCUT2D eigenvalue weighted by atomic mass is 32.2. The predicted molar refractivity (Wildman–Crippen MR) is 61.1 cm³/mol. The summed E-state index contributed by atoms with van der Waals surface area (Å²) in [7, 11) is -3.20. The molecular weight excluding hydrogens is 244 g/mol. The number of aromatic nitrogens is 2. The molecule has 0 aliphatic rings. The van der Waals surface area contributed by atoms with Crippen LogP contribution in [-0.4, -0.2) is 30.6 Å². The molecule has 1 atom stereocenters. The van der Waals surface area contributed by atoms with E-state index in [-0.39, 0.29) is 29.2 Å². The van der Waals surface area contributed by atoms with E-state index < -0.39 is 15.8 Å². The van der Waals surface area contributed by atoms with Crippen molar-refractivity contribution in [3.8, 4) is 0 Å². The molecule has 1 heterocycles. The summed E-state index contributed by atoms with van der Waals surface area (Å²) < 4.78 is 27.1. The monoisotopic (exact) mass is 260 g/mol. The molecule has 0 saturated heterocycles. The number of carbonyl (C=O) groups is 1. The Morgan fingerprint density at radius 1 is 1.41 bits per heavy atom. The Hall–Kier alpha value is -1.24. The minimum Gasteiger partial charge on any atom is -0.339 e. The van der Waals surface area contributed by atoms with Crippen molar-refractivity contribution in [3.05, 3.63) is 11.7 Å². The van der Waals surface area contributed by atoms with Crippen LogP contribution in [0.1, 0.15) is 38.4 Å². The van der Waals surface area contributed by atoms with E-state index in [1.807, 2.05) is 13.8 Å². The normalized spacial score (nSPS) is 13.9. The van der Waals surface area contributed by atoms with Crippen molar-refractivity contribution in [2.75, 3.05) is 6.26 Å². The van der Waals surface area contributed by atoms with Gasteiger partial charge in [-0.25, -0.2) is 8.42 Å². The Kier molecular flexibility index (Phi) is 4.03. The fraction of sp³-hybridized carbons (Fsp3) is 0.700. The second kappa shape index (κ2) is 4.95. The fourth-order valence-corrected chi connectivity index (χ4v) is 2.20. The van der Waals surface area contributed by atoms with E-state index in [1.54, 1.807) is 0 Å². The van der Waals surface area contributed by atoms with Gasteiger partial charge in [-0.1, -0.05) is 19.0 Å². The highest BCUT2D eigenvalue weighted by molar-refractivity contribution is 7.89. The lowest BCUT2D eigenvalue weighted by molar-refractivity contribution is -0.119. The molecule has 1 aromatic heterocycles. The third-order valence-corrected chi connectivity index (χ3v) is 3.03. The number of nitrogens with zero attached hydrogens (tertiary/aromatic N) is 2. The number of ketones is 1. The summed E-state index contributed by atoms with van der Waals surface area (Å²) in [5.74, 6) is -0.524. The predicted octanol–water partition coefficient (Wildman–Crippen LogP) is 0.943. The summed E-state index contributed by atoms with van der Waals surface area (Å²) in [4.78, 5) is 15.4. The minimum absolute atomic E-state index is 0.0269. The van der Waals surface area contributed by atoms with Gasteiger partial charge in [0.25, 0.3) is 0 Å². The Labute approximate surface area is 100 Å². The molecule has 0 aromatic carbocycles. The maximum absolute atomic E-state index is 11.4. The molecule has 0 saturated carbocycles. The van der Waals surface area contributed by atoms with E-state index in [2.05, 4.69) is 10.1 Å². The maximum atomic E-state index is 11.4. The van der Waals surface area contributed by atoms with Crippen molar-refractivity contribution in [2.45, 2.75) is 32.4 Å². The zero-order chi connectivity index (χ0) is 13.2. The molecule has 96 valence electrons. The topological polar surface area (TPSA) is 90.1 Å². The molecule has 7 heteroatoms. The lowest BCUT2D eigenvalue weighted by Crippen LogP contribution is -2.15. The van der Waals surface area contributed by atoms with Crippen LogP contribution in [0, 0.1) is 5.92 Å². The van der Waals surface area contributed by atoms with Gasteiger partial charge < -0.3 is 4.52 Å². The molecule has 0 aliphatic heterocycles. The van der Waals surface area contributed by atoms with Crippen LogP contribution in [0.5, 0.6) is 0 Å². The molecule has 0 amide bonds. The smallest absolute Gasteiger partial charge is 0.237 e. The van der Waals surface area contributed by atoms with E-state index in [9.17, 15) is 13.2 Å². The molecule has 0 fully saturated rings. The molecular formula is C10H16N2O4S. The summed E-state index contributed by atoms with van der Waals surface area (Å²) in [6.07, 6.45) is 1.09. The van der Waals surface area contributed by atoms with E-state index in [4.69, 9.17) is 4.52 Å². The SMILES string of the molecule is CC(=O)C(c1nc(CS(C)(=O)=O)no1)C(C)C. The van der Waals surface area contributed by atoms with Crippen molar-refractivity contribution in [2.24, 2.45) is 5.92 Å². The quantitative estimate of drug-likeness (QED) is 0.782. The van der Waals surface area contributed by atoms with Gasteiger partial charge in [0, 0.05) is 6.26 Å². The Morgan fingerprint density at radius 3 is 2.41 bits per heavy atom. The molecule has 6 nitrogen and oxygen atoms in total. The average Bonchev–Trinajstić information content (AvgIpc) is 2.47. The third kappa shape index (κ3) is 3.92. The number of hydrogen-bond acceptors (Lipinski definition) is 6. The molecule has 0 spiro atoms. The first-order chi connectivity index (χ1) is 7.70. The van der Waals surface area contributed by atoms with Gasteiger partial charge in [0.15, 0.2) is 15.7 Å². The van der Waals surface area contributed by atoms with E-state index in [1.165, 1.54) is 6.92 Å². The first kappa shape index (κ1) is 13.8. The van der Waals surface area contributed by atoms with Crippen molar-refractivity contribution >= 4 is 15.6 Å². The Balaban J connectivity index is 2.97. The van der Waals surface area contributed by atoms with Crippen molar-refractivity contribution in [1.29, 1.82) is 0 Å². The van der Waals surface area contributed by atoms with E-state index in [0.29, 0.717) is 0 Å². The minimum atomic E-state index is -3.20. The summed E-state index contributed by atoms with van der Waals surface area (Å²) in [5, 5.41) is 3.57. The molecule has 1 rings (SSSR count). The first-order valence-electron chi connectivity index (χ1n) is 5.21. The van der Waals surface area contributed by atoms with Gasteiger partial charge in [0.1, 0.15) is 11.5 Å². The molecule has 0 N–H and O–H groups in total. The molecule has 17 heavy (non-hydrogen) atoms. The van der Waals surface area contributed by atoms with Gasteiger partial charge in [-0.05, 0) is 12.8 Å². The summed E-state index contributed by atoms with van der Waals surface area (Å²) in [6, 6.07) is 0. The largest absolute Gasteiger partial charge is 0.339 e. The second-order valence-electron chi connectivity index (χ2n) is 4.45. The van der Waals surface area contributed by atoms with E-state index in [0.717, 1.165) is 6.26 Å². The lowest BCUT2D eigenvalue weighted by atomic mass is 9.92. The first-order valence-corrected chi connectivity index (χ1v) is 7.27. The number of hydrogen-bond donors (Lipinski definition) is 0. The van der Waals surface area contributed by atoms with Crippen LogP contribution in [0.2, 0.25) is 0 Å². The van der Waals surface area contributed by atoms with Crippen LogP contribution < -0.4 is 0 Å². The summed E-state index contributed by atoms with van der Waals surface area (Å²) in [5.41, 5.74) is 0. The zero-order valence-electron chi connectivity index (χ0n) is 10.3. The highest BCUT2D eigenvalue weighted by Crippen LogP contribution is 2.24. The van der Waals surface area contributed by atoms with E-state index >= 15 is 0 Å². The van der Waals surface area contributed by atoms with Crippen LogP contribution in [0.25, 0.3) is 0 Å². The summed E-state index contributed by atoms with van der Waals surface area (Å²) in [6.45, 7) is 5.18. The molecule has 0 radical (unpaired) electrons. The van der Waals surface area contributed by atoms with Crippen molar-refractivity contribution < 1.29 is 17.7 Å². The molecule has 0 aliphatic carbocycles. The number of Topliss-reactive ketones (excluding diaryl/α,β-unsaturated/α-hetero) is 1. The van der Waals surface area contributed by atoms with Gasteiger partial charge in [-0.15, -0.1) is 0 Å². The van der Waals surface area contributed by atoms with Crippen LogP contribution >= 0.6 is 0 Å². The van der Waals surface area contributed by atoms with Crippen molar-refractivity contribution in [3.63, 3.8) is 0 Å². The Morgan fingerprint density at radius 2 is 2.00 bits per heavy atom. The van der Waals surface area contributed by atoms with Gasteiger partial charge in [0.05, 0.1) is 5.92 Å². The molecule has 1 unspecified atom stereocenters. The third-order valence-electron chi connectivity index (χ3n) is 2.25. The molecule has 1 aromatic rings.